The van der Waals surface area contributed by atoms with Crippen molar-refractivity contribution >= 4 is 17.3 Å². The molecule has 1 aromatic rings. The van der Waals surface area contributed by atoms with Crippen molar-refractivity contribution in [3.63, 3.8) is 0 Å². The smallest absolute Gasteiger partial charge is 0.191 e. The van der Waals surface area contributed by atoms with Gasteiger partial charge in [0, 0.05) is 25.0 Å². The lowest BCUT2D eigenvalue weighted by molar-refractivity contribution is 0.249. The molecule has 0 amide bonds. The van der Waals surface area contributed by atoms with Crippen LogP contribution in [0.5, 0.6) is 0 Å². The molecule has 0 spiro atoms. The molecule has 22 heavy (non-hydrogen) atoms. The minimum Gasteiger partial charge on any atom is -0.356 e. The number of aliphatic imine (C=N–C) groups is 1. The Labute approximate surface area is 138 Å². The maximum absolute atomic E-state index is 4.36. The zero-order chi connectivity index (χ0) is 15.2. The number of hydrogen-bond acceptors (Lipinski definition) is 3. The van der Waals surface area contributed by atoms with Crippen LogP contribution >= 0.6 is 11.3 Å². The maximum atomic E-state index is 4.36. The topological polar surface area (TPSA) is 39.7 Å². The van der Waals surface area contributed by atoms with Crippen molar-refractivity contribution in [3.05, 3.63) is 22.4 Å². The molecule has 1 aliphatic heterocycles. The number of nitrogens with zero attached hydrogens (tertiary/aromatic N) is 2. The summed E-state index contributed by atoms with van der Waals surface area (Å²) in [5.74, 6) is 1.91. The number of nitrogens with one attached hydrogen (secondary N) is 2. The minimum absolute atomic E-state index is 0.476. The van der Waals surface area contributed by atoms with E-state index in [2.05, 4.69) is 38.0 Å². The molecule has 122 valence electrons. The van der Waals surface area contributed by atoms with Gasteiger partial charge in [-0.3, -0.25) is 9.89 Å². The monoisotopic (exact) mass is 320 g/mol. The summed E-state index contributed by atoms with van der Waals surface area (Å²) in [4.78, 5) is 8.43. The summed E-state index contributed by atoms with van der Waals surface area (Å²) in [6.45, 7) is 4.41. The van der Waals surface area contributed by atoms with E-state index >= 15 is 0 Å². The Balaban J connectivity index is 1.50. The summed E-state index contributed by atoms with van der Waals surface area (Å²) in [6, 6.07) is 4.90. The predicted octanol–water partition coefficient (Wildman–Crippen LogP) is 2.85. The van der Waals surface area contributed by atoms with E-state index in [4.69, 9.17) is 0 Å². The quantitative estimate of drug-likeness (QED) is 0.599. The number of thiophene rings is 1. The number of likely N-dealkylation sites (tertiary alicyclic amines) is 1. The lowest BCUT2D eigenvalue weighted by Crippen LogP contribution is -2.42. The van der Waals surface area contributed by atoms with Crippen LogP contribution in [0.25, 0.3) is 0 Å². The van der Waals surface area contributed by atoms with Gasteiger partial charge < -0.3 is 10.6 Å². The van der Waals surface area contributed by atoms with E-state index < -0.39 is 0 Å². The van der Waals surface area contributed by atoms with Gasteiger partial charge in [0.05, 0.1) is 6.04 Å². The highest BCUT2D eigenvalue weighted by atomic mass is 32.1. The Morgan fingerprint density at radius 2 is 2.18 bits per heavy atom. The highest BCUT2D eigenvalue weighted by molar-refractivity contribution is 7.10. The fourth-order valence-corrected chi connectivity index (χ4v) is 4.02. The van der Waals surface area contributed by atoms with Crippen LogP contribution in [0.3, 0.4) is 0 Å². The summed E-state index contributed by atoms with van der Waals surface area (Å²) in [5, 5.41) is 9.17. The SMILES string of the molecule is CN=C(NCCC1CC1)NCC(c1cccs1)N1CCCC1. The predicted molar refractivity (Wildman–Crippen MR) is 94.6 cm³/mol. The van der Waals surface area contributed by atoms with Gasteiger partial charge in [-0.15, -0.1) is 11.3 Å². The van der Waals surface area contributed by atoms with Crippen molar-refractivity contribution < 1.29 is 0 Å². The van der Waals surface area contributed by atoms with Gasteiger partial charge >= 0.3 is 0 Å². The Morgan fingerprint density at radius 1 is 1.36 bits per heavy atom. The summed E-state index contributed by atoms with van der Waals surface area (Å²) in [7, 11) is 1.86. The molecule has 4 nitrogen and oxygen atoms in total. The normalized spacial score (nSPS) is 21.0. The molecule has 0 bridgehead atoms. The first kappa shape index (κ1) is 15.8. The van der Waals surface area contributed by atoms with E-state index in [1.165, 1.54) is 50.1 Å². The molecule has 1 aromatic heterocycles. The molecular weight excluding hydrogens is 292 g/mol. The Hall–Kier alpha value is -1.07. The number of guanidine groups is 1. The van der Waals surface area contributed by atoms with Gasteiger partial charge in [0.1, 0.15) is 0 Å². The lowest BCUT2D eigenvalue weighted by atomic mass is 10.2. The van der Waals surface area contributed by atoms with E-state index in [9.17, 15) is 0 Å². The van der Waals surface area contributed by atoms with E-state index in [-0.39, 0.29) is 0 Å². The summed E-state index contributed by atoms with van der Waals surface area (Å²) >= 11 is 1.87. The van der Waals surface area contributed by atoms with E-state index in [0.717, 1.165) is 25.0 Å². The van der Waals surface area contributed by atoms with Crippen molar-refractivity contribution in [2.24, 2.45) is 10.9 Å². The summed E-state index contributed by atoms with van der Waals surface area (Å²) in [6.07, 6.45) is 6.78. The second-order valence-electron chi connectivity index (χ2n) is 6.39. The lowest BCUT2D eigenvalue weighted by Gasteiger charge is -2.27. The van der Waals surface area contributed by atoms with Crippen molar-refractivity contribution in [1.82, 2.24) is 15.5 Å². The fourth-order valence-electron chi connectivity index (χ4n) is 3.16. The first-order valence-electron chi connectivity index (χ1n) is 8.59. The molecule has 0 radical (unpaired) electrons. The highest BCUT2D eigenvalue weighted by Gasteiger charge is 2.24. The van der Waals surface area contributed by atoms with E-state index in [1.807, 2.05) is 18.4 Å². The Morgan fingerprint density at radius 3 is 2.82 bits per heavy atom. The van der Waals surface area contributed by atoms with Crippen molar-refractivity contribution in [2.75, 3.05) is 33.2 Å². The van der Waals surface area contributed by atoms with Crippen LogP contribution in [0.4, 0.5) is 0 Å². The van der Waals surface area contributed by atoms with Crippen molar-refractivity contribution in [1.29, 1.82) is 0 Å². The molecule has 2 aliphatic rings. The third-order valence-electron chi connectivity index (χ3n) is 4.68. The van der Waals surface area contributed by atoms with E-state index in [0.29, 0.717) is 6.04 Å². The molecule has 2 heterocycles. The first-order valence-corrected chi connectivity index (χ1v) is 9.47. The third kappa shape index (κ3) is 4.46. The molecule has 2 N–H and O–H groups in total. The zero-order valence-corrected chi connectivity index (χ0v) is 14.4. The van der Waals surface area contributed by atoms with Crippen LogP contribution < -0.4 is 10.6 Å². The number of rotatable bonds is 7. The average molecular weight is 321 g/mol. The van der Waals surface area contributed by atoms with E-state index in [1.54, 1.807) is 0 Å². The molecule has 1 saturated carbocycles. The van der Waals surface area contributed by atoms with Gasteiger partial charge in [0.2, 0.25) is 0 Å². The molecule has 1 atom stereocenters. The molecule has 1 aliphatic carbocycles. The Bertz CT molecular complexity index is 461. The van der Waals surface area contributed by atoms with Gasteiger partial charge in [-0.05, 0) is 49.7 Å². The molecule has 0 aromatic carbocycles. The number of hydrogen-bond donors (Lipinski definition) is 2. The molecule has 1 saturated heterocycles. The van der Waals surface area contributed by atoms with Gasteiger partial charge in [-0.25, -0.2) is 0 Å². The average Bonchev–Trinajstić information content (AvgIpc) is 3.01. The fraction of sp³-hybridized carbons (Fsp3) is 0.706. The minimum atomic E-state index is 0.476. The second kappa shape index (κ2) is 7.97. The summed E-state index contributed by atoms with van der Waals surface area (Å²) < 4.78 is 0. The van der Waals surface area contributed by atoms with Gasteiger partial charge in [-0.2, -0.15) is 0 Å². The molecular formula is C17H28N4S. The van der Waals surface area contributed by atoms with Gasteiger partial charge in [0.25, 0.3) is 0 Å². The molecule has 2 fully saturated rings. The Kier molecular flexibility index (Phi) is 5.73. The van der Waals surface area contributed by atoms with Crippen LogP contribution in [0.2, 0.25) is 0 Å². The van der Waals surface area contributed by atoms with Crippen LogP contribution in [0.15, 0.2) is 22.5 Å². The highest BCUT2D eigenvalue weighted by Crippen LogP contribution is 2.31. The van der Waals surface area contributed by atoms with Crippen LogP contribution in [-0.2, 0) is 0 Å². The van der Waals surface area contributed by atoms with Crippen LogP contribution in [-0.4, -0.2) is 44.1 Å². The van der Waals surface area contributed by atoms with Crippen LogP contribution in [0.1, 0.15) is 43.0 Å². The second-order valence-corrected chi connectivity index (χ2v) is 7.37. The van der Waals surface area contributed by atoms with Gasteiger partial charge in [0.15, 0.2) is 5.96 Å². The van der Waals surface area contributed by atoms with Crippen molar-refractivity contribution in [2.45, 2.75) is 38.1 Å². The zero-order valence-electron chi connectivity index (χ0n) is 13.6. The first-order chi connectivity index (χ1) is 10.9. The maximum Gasteiger partial charge on any atom is 0.191 e. The molecule has 5 heteroatoms. The summed E-state index contributed by atoms with van der Waals surface area (Å²) in [5.41, 5.74) is 0. The standard InChI is InChI=1S/C17H28N4S/c1-18-17(19-9-8-14-6-7-14)20-13-15(16-5-4-12-22-16)21-10-2-3-11-21/h4-5,12,14-15H,2-3,6-11,13H2,1H3,(H2,18,19,20). The largest absolute Gasteiger partial charge is 0.356 e. The third-order valence-corrected chi connectivity index (χ3v) is 5.65. The van der Waals surface area contributed by atoms with Crippen LogP contribution in [0, 0.1) is 5.92 Å². The molecule has 3 rings (SSSR count). The van der Waals surface area contributed by atoms with Gasteiger partial charge in [-0.1, -0.05) is 18.9 Å². The molecule has 1 unspecified atom stereocenters. The van der Waals surface area contributed by atoms with Crippen molar-refractivity contribution in [3.8, 4) is 0 Å².